The minimum Gasteiger partial charge on any atom is -0.456 e. The van der Waals surface area contributed by atoms with Gasteiger partial charge in [-0.25, -0.2) is 39.9 Å². The first kappa shape index (κ1) is 76.0. The predicted molar refractivity (Wildman–Crippen MR) is 554 cm³/mol. The molecule has 0 saturated heterocycles. The molecule has 0 N–H and O–H groups in total. The van der Waals surface area contributed by atoms with Crippen molar-refractivity contribution >= 4 is 173 Å². The van der Waals surface area contributed by atoms with E-state index in [1.54, 1.807) is 0 Å². The maximum Gasteiger partial charge on any atom is 0.164 e. The van der Waals surface area contributed by atoms with Gasteiger partial charge in [-0.1, -0.05) is 370 Å². The largest absolute Gasteiger partial charge is 0.456 e. The molecule has 0 saturated carbocycles. The fourth-order valence-electron chi connectivity index (χ4n) is 20.8. The van der Waals surface area contributed by atoms with E-state index in [0.29, 0.717) is 34.9 Å². The molecule has 134 heavy (non-hydrogen) atoms. The lowest BCUT2D eigenvalue weighted by atomic mass is 9.87. The number of pyridine rings is 2. The number of furan rings is 2. The van der Waals surface area contributed by atoms with Crippen LogP contribution in [0.1, 0.15) is 0 Å². The van der Waals surface area contributed by atoms with Crippen molar-refractivity contribution in [2.24, 2.45) is 0 Å². The zero-order chi connectivity index (χ0) is 88.0. The summed E-state index contributed by atoms with van der Waals surface area (Å²) in [4.78, 5) is 41.8. The van der Waals surface area contributed by atoms with E-state index in [1.807, 2.05) is 72.8 Å². The third-order valence-corrected chi connectivity index (χ3v) is 26.9. The summed E-state index contributed by atoms with van der Waals surface area (Å²) < 4.78 is 13.6. The smallest absolute Gasteiger partial charge is 0.164 e. The van der Waals surface area contributed by atoms with Crippen molar-refractivity contribution in [2.45, 2.75) is 0 Å². The Morgan fingerprint density at radius 1 is 0.142 bits per heavy atom. The molecule has 0 aliphatic rings. The summed E-state index contributed by atoms with van der Waals surface area (Å²) >= 11 is 0. The summed E-state index contributed by atoms with van der Waals surface area (Å²) in [5.41, 5.74) is 18.6. The number of benzene rings is 22. The number of fused-ring (bicyclic) bond motifs is 26. The number of hydrogen-bond acceptors (Lipinski definition) is 10. The van der Waals surface area contributed by atoms with E-state index in [4.69, 9.17) is 48.7 Å². The van der Waals surface area contributed by atoms with Gasteiger partial charge >= 0.3 is 0 Å². The highest BCUT2D eigenvalue weighted by atomic mass is 16.3. The fraction of sp³-hybridized carbons (Fsp3) is 0. The number of para-hydroxylation sites is 4. The van der Waals surface area contributed by atoms with Crippen LogP contribution in [0.5, 0.6) is 0 Å². The van der Waals surface area contributed by atoms with Crippen molar-refractivity contribution in [3.63, 3.8) is 0 Å². The fourth-order valence-corrected chi connectivity index (χ4v) is 20.8. The van der Waals surface area contributed by atoms with E-state index in [0.717, 1.165) is 187 Å². The van der Waals surface area contributed by atoms with Gasteiger partial charge in [0.1, 0.15) is 22.3 Å². The molecule has 0 fully saturated rings. The molecule has 28 rings (SSSR count). The first-order valence-electron chi connectivity index (χ1n) is 45.2. The summed E-state index contributed by atoms with van der Waals surface area (Å²) in [5, 5.41) is 30.1. The minimum atomic E-state index is 0.583. The highest BCUT2D eigenvalue weighted by Crippen LogP contribution is 2.52. The molecule has 0 spiro atoms. The van der Waals surface area contributed by atoms with Crippen LogP contribution in [0.2, 0.25) is 0 Å². The van der Waals surface area contributed by atoms with Gasteiger partial charge in [0, 0.05) is 109 Å². The molecule has 6 heterocycles. The second kappa shape index (κ2) is 30.8. The normalized spacial score (nSPS) is 11.9. The number of nitrogens with zero attached hydrogens (tertiary/aromatic N) is 8. The summed E-state index contributed by atoms with van der Waals surface area (Å²) in [6.45, 7) is 0. The minimum absolute atomic E-state index is 0.583. The maximum absolute atomic E-state index is 6.82. The van der Waals surface area contributed by atoms with Crippen LogP contribution in [0, 0.1) is 0 Å². The van der Waals surface area contributed by atoms with Crippen molar-refractivity contribution in [3.05, 3.63) is 437 Å². The topological polar surface area (TPSA) is 129 Å². The number of hydrogen-bond donors (Lipinski definition) is 0. The maximum atomic E-state index is 6.82. The average molecular weight is 1710 g/mol. The monoisotopic (exact) mass is 1700 g/mol. The zero-order valence-corrected chi connectivity index (χ0v) is 72.0. The first-order valence-corrected chi connectivity index (χ1v) is 45.2. The Morgan fingerprint density at radius 3 is 0.910 bits per heavy atom. The molecule has 0 bridgehead atoms. The van der Waals surface area contributed by atoms with Gasteiger partial charge in [-0.2, -0.15) is 0 Å². The van der Waals surface area contributed by atoms with Crippen LogP contribution >= 0.6 is 0 Å². The van der Waals surface area contributed by atoms with E-state index in [1.165, 1.54) is 64.6 Å². The molecule has 620 valence electrons. The quantitative estimate of drug-likeness (QED) is 0.122. The first-order chi connectivity index (χ1) is 66.4. The van der Waals surface area contributed by atoms with Gasteiger partial charge in [0.25, 0.3) is 0 Å². The molecular weight excluding hydrogens is 1630 g/mol. The molecule has 0 unspecified atom stereocenters. The summed E-state index contributed by atoms with van der Waals surface area (Å²) in [7, 11) is 0. The van der Waals surface area contributed by atoms with Crippen LogP contribution in [-0.4, -0.2) is 39.9 Å². The molecule has 0 amide bonds. The van der Waals surface area contributed by atoms with Crippen LogP contribution in [0.25, 0.3) is 287 Å². The van der Waals surface area contributed by atoms with Crippen molar-refractivity contribution in [2.75, 3.05) is 0 Å². The van der Waals surface area contributed by atoms with E-state index in [-0.39, 0.29) is 0 Å². The standard InChI is InChI=1S/2C62H36N4O/c1-2-17-38(18-3-1)60-64-61(66-62(65-60)48-29-15-19-37-16-4-5-22-42(37)48)41-21-14-20-40(34-41)59-52-36-55-58(50-28-11-13-31-54(50)67-55)56(57(52)49-27-10-12-30-53(49)63-59)39-32-33-47-45-25-7-6-23-43(45)44-24-8-9-26-46(44)51(47)35-39;1-2-16-38(17-3-1)60-64-61(66-62(65-60)43-30-29-37-15-4-5-18-39(37)33-43)42-20-14-19-41(34-42)59-52-36-55-58(50-26-11-13-28-54(50)67-55)56(57(52)49-25-10-12-27-53(49)63-59)40-31-32-48-46-23-7-6-21-44(46)45-22-8-9-24-47(45)51(48)35-40/h2*1-36H. The second-order valence-corrected chi connectivity index (χ2v) is 34.5. The van der Waals surface area contributed by atoms with Gasteiger partial charge in [0.15, 0.2) is 34.9 Å². The SMILES string of the molecule is c1ccc(-c2nc(-c3cccc(-c4nc5ccccc5c5c(-c6ccc7c8ccccc8c8ccccc8c7c6)c6c(cc45)oc4ccccc46)c3)nc(-c3ccc4ccccc4c3)n2)cc1.c1ccc(-c2nc(-c3cccc(-c4nc5ccccc5c5c(-c6ccc7c8ccccc8c8ccccc8c7c6)c6c(cc45)oc4ccccc46)c3)nc(-c3cccc4ccccc34)n2)cc1. The Labute approximate surface area is 766 Å². The van der Waals surface area contributed by atoms with Gasteiger partial charge in [-0.3, -0.25) is 0 Å². The van der Waals surface area contributed by atoms with Crippen molar-refractivity contribution in [1.29, 1.82) is 0 Å². The molecule has 10 nitrogen and oxygen atoms in total. The lowest BCUT2D eigenvalue weighted by molar-refractivity contribution is 0.669. The van der Waals surface area contributed by atoms with Gasteiger partial charge < -0.3 is 8.83 Å². The number of rotatable bonds is 10. The predicted octanol–water partition coefficient (Wildman–Crippen LogP) is 32.8. The molecule has 0 atom stereocenters. The lowest BCUT2D eigenvalue weighted by Crippen LogP contribution is -2.01. The Balaban J connectivity index is 0.000000136. The van der Waals surface area contributed by atoms with Crippen LogP contribution < -0.4 is 0 Å². The third kappa shape index (κ3) is 12.5. The second-order valence-electron chi connectivity index (χ2n) is 34.5. The Kier molecular flexibility index (Phi) is 17.5. The summed E-state index contributed by atoms with van der Waals surface area (Å²) in [5.74, 6) is 3.62. The highest BCUT2D eigenvalue weighted by molar-refractivity contribution is 6.33. The molecule has 6 aromatic heterocycles. The molecule has 0 aliphatic carbocycles. The van der Waals surface area contributed by atoms with Gasteiger partial charge in [0.2, 0.25) is 0 Å². The van der Waals surface area contributed by atoms with Crippen LogP contribution in [0.4, 0.5) is 0 Å². The molecule has 28 aromatic rings. The molecule has 0 aliphatic heterocycles. The Hall–Kier alpha value is -18.1. The van der Waals surface area contributed by atoms with Gasteiger partial charge in [-0.05, 0) is 164 Å². The van der Waals surface area contributed by atoms with Gasteiger partial charge in [0.05, 0.1) is 22.4 Å². The van der Waals surface area contributed by atoms with Crippen molar-refractivity contribution < 1.29 is 8.83 Å². The number of aromatic nitrogens is 8. The zero-order valence-electron chi connectivity index (χ0n) is 72.0. The van der Waals surface area contributed by atoms with Crippen molar-refractivity contribution in [1.82, 2.24) is 39.9 Å². The molecule has 0 radical (unpaired) electrons. The van der Waals surface area contributed by atoms with Crippen LogP contribution in [-0.2, 0) is 0 Å². The highest BCUT2D eigenvalue weighted by Gasteiger charge is 2.28. The third-order valence-electron chi connectivity index (χ3n) is 26.9. The molecule has 10 heteroatoms. The van der Waals surface area contributed by atoms with Crippen LogP contribution in [0.15, 0.2) is 446 Å². The Bertz CT molecular complexity index is 9730. The van der Waals surface area contributed by atoms with E-state index >= 15 is 0 Å². The molecular formula is C124H72N8O2. The Morgan fingerprint density at radius 2 is 0.455 bits per heavy atom. The summed E-state index contributed by atoms with van der Waals surface area (Å²) in [6.07, 6.45) is 0. The summed E-state index contributed by atoms with van der Waals surface area (Å²) in [6, 6.07) is 154. The van der Waals surface area contributed by atoms with Crippen molar-refractivity contribution in [3.8, 4) is 113 Å². The molecule has 22 aromatic carbocycles. The van der Waals surface area contributed by atoms with E-state index in [9.17, 15) is 0 Å². The van der Waals surface area contributed by atoms with E-state index < -0.39 is 0 Å². The van der Waals surface area contributed by atoms with Gasteiger partial charge in [-0.15, -0.1) is 0 Å². The van der Waals surface area contributed by atoms with Crippen LogP contribution in [0.3, 0.4) is 0 Å². The average Bonchev–Trinajstić information content (AvgIpc) is 1.58. The van der Waals surface area contributed by atoms with E-state index in [2.05, 4.69) is 364 Å². The lowest BCUT2D eigenvalue weighted by Gasteiger charge is -2.17.